The Balaban J connectivity index is 1.47. The van der Waals surface area contributed by atoms with E-state index in [1.165, 1.54) is 48.8 Å². The van der Waals surface area contributed by atoms with E-state index in [1.807, 2.05) is 0 Å². The minimum atomic E-state index is -0.237. The molecule has 1 saturated carbocycles. The largest absolute Gasteiger partial charge is 0.323 e. The highest BCUT2D eigenvalue weighted by Crippen LogP contribution is 2.36. The SMILES string of the molecule is CC1=CCCN2C(=O)NC(=NC3CCCCC3)C23CCN(CC3)Cc2cccc1c2. The first-order chi connectivity index (χ1) is 14.6. The lowest BCUT2D eigenvalue weighted by atomic mass is 9.84. The van der Waals surface area contributed by atoms with Crippen molar-refractivity contribution in [1.82, 2.24) is 15.1 Å². The van der Waals surface area contributed by atoms with Crippen molar-refractivity contribution in [3.8, 4) is 0 Å². The van der Waals surface area contributed by atoms with Crippen LogP contribution in [0.5, 0.6) is 0 Å². The van der Waals surface area contributed by atoms with Crippen LogP contribution in [0.15, 0.2) is 35.3 Å². The average Bonchev–Trinajstić information content (AvgIpc) is 3.01. The number of piperidine rings is 1. The molecule has 3 fully saturated rings. The van der Waals surface area contributed by atoms with Crippen molar-refractivity contribution < 1.29 is 4.79 Å². The minimum Gasteiger partial charge on any atom is -0.311 e. The number of fused-ring (bicyclic) bond motifs is 4. The summed E-state index contributed by atoms with van der Waals surface area (Å²) in [4.78, 5) is 22.9. The summed E-state index contributed by atoms with van der Waals surface area (Å²) in [6.45, 7) is 5.93. The topological polar surface area (TPSA) is 47.9 Å². The Kier molecular flexibility index (Phi) is 5.40. The first kappa shape index (κ1) is 19.8. The van der Waals surface area contributed by atoms with Crippen LogP contribution in [0.2, 0.25) is 0 Å². The van der Waals surface area contributed by atoms with E-state index in [1.54, 1.807) is 0 Å². The van der Waals surface area contributed by atoms with E-state index < -0.39 is 0 Å². The van der Waals surface area contributed by atoms with Gasteiger partial charge < -0.3 is 4.90 Å². The van der Waals surface area contributed by atoms with E-state index in [0.717, 1.165) is 51.3 Å². The van der Waals surface area contributed by atoms with Crippen LogP contribution in [0, 0.1) is 0 Å². The summed E-state index contributed by atoms with van der Waals surface area (Å²) >= 11 is 0. The molecule has 0 aromatic heterocycles. The van der Waals surface area contributed by atoms with Crippen LogP contribution in [-0.2, 0) is 6.54 Å². The molecule has 1 aromatic carbocycles. The summed E-state index contributed by atoms with van der Waals surface area (Å²) in [5.74, 6) is 0.968. The molecule has 4 aliphatic heterocycles. The van der Waals surface area contributed by atoms with E-state index in [4.69, 9.17) is 4.99 Å². The molecule has 4 bridgehead atoms. The molecule has 30 heavy (non-hydrogen) atoms. The molecule has 0 radical (unpaired) electrons. The number of carbonyl (C=O) groups excluding carboxylic acids is 1. The summed E-state index contributed by atoms with van der Waals surface area (Å²) in [5, 5.41) is 3.21. The zero-order valence-electron chi connectivity index (χ0n) is 18.2. The zero-order chi connectivity index (χ0) is 20.6. The van der Waals surface area contributed by atoms with Gasteiger partial charge >= 0.3 is 6.03 Å². The molecule has 2 saturated heterocycles. The molecule has 1 spiro atoms. The Hall–Kier alpha value is -2.14. The van der Waals surface area contributed by atoms with Crippen molar-refractivity contribution in [2.24, 2.45) is 4.99 Å². The van der Waals surface area contributed by atoms with E-state index in [0.29, 0.717) is 6.04 Å². The standard InChI is InChI=1S/C25H34N4O/c1-19-7-6-14-29-24(30)27-23(26-22-10-3-2-4-11-22)25(29)12-15-28(16-13-25)18-20-8-5-9-21(19)17-20/h5,7-9,17,22H,2-4,6,10-16,18H2,1H3,(H,26,27,30). The Bertz CT molecular complexity index is 860. The molecule has 160 valence electrons. The van der Waals surface area contributed by atoms with Crippen molar-refractivity contribution >= 4 is 17.4 Å². The van der Waals surface area contributed by atoms with Gasteiger partial charge in [-0.25, -0.2) is 4.79 Å². The Morgan fingerprint density at radius 2 is 1.90 bits per heavy atom. The van der Waals surface area contributed by atoms with Crippen molar-refractivity contribution in [2.45, 2.75) is 76.4 Å². The average molecular weight is 407 g/mol. The number of rotatable bonds is 1. The molecule has 1 N–H and O–H groups in total. The number of amidine groups is 1. The summed E-state index contributed by atoms with van der Waals surface area (Å²) in [6.07, 6.45) is 11.3. The molecule has 1 aliphatic carbocycles. The Labute approximate surface area is 180 Å². The van der Waals surface area contributed by atoms with Crippen LogP contribution in [0.4, 0.5) is 4.79 Å². The summed E-state index contributed by atoms with van der Waals surface area (Å²) in [7, 11) is 0. The molecule has 5 heteroatoms. The van der Waals surface area contributed by atoms with Gasteiger partial charge in [0.2, 0.25) is 0 Å². The Morgan fingerprint density at radius 1 is 1.10 bits per heavy atom. The van der Waals surface area contributed by atoms with E-state index in [9.17, 15) is 4.79 Å². The van der Waals surface area contributed by atoms with Gasteiger partial charge in [-0.3, -0.25) is 15.2 Å². The molecule has 2 amide bonds. The van der Waals surface area contributed by atoms with Gasteiger partial charge in [0.15, 0.2) is 0 Å². The maximum Gasteiger partial charge on any atom is 0.323 e. The quantitative estimate of drug-likeness (QED) is 0.742. The maximum absolute atomic E-state index is 13.1. The number of hydrogen-bond donors (Lipinski definition) is 1. The normalized spacial score (nSPS) is 31.4. The van der Waals surface area contributed by atoms with Crippen LogP contribution in [0.25, 0.3) is 5.57 Å². The number of aliphatic imine (C=N–C) groups is 1. The molecular weight excluding hydrogens is 372 g/mol. The summed E-state index contributed by atoms with van der Waals surface area (Å²) in [6, 6.07) is 9.38. The van der Waals surface area contributed by atoms with Crippen LogP contribution >= 0.6 is 0 Å². The third kappa shape index (κ3) is 3.68. The fraction of sp³-hybridized carbons (Fsp3) is 0.600. The smallest absolute Gasteiger partial charge is 0.311 e. The molecule has 5 aliphatic rings. The number of amides is 2. The van der Waals surface area contributed by atoms with Gasteiger partial charge in [-0.2, -0.15) is 0 Å². The second-order valence-corrected chi connectivity index (χ2v) is 9.54. The first-order valence-electron chi connectivity index (χ1n) is 11.8. The second kappa shape index (κ2) is 8.18. The molecule has 1 aromatic rings. The summed E-state index contributed by atoms with van der Waals surface area (Å²) in [5.41, 5.74) is 3.73. The fourth-order valence-electron chi connectivity index (χ4n) is 5.76. The van der Waals surface area contributed by atoms with Gasteiger partial charge in [0.05, 0.1) is 6.04 Å². The minimum absolute atomic E-state index is 0.0551. The van der Waals surface area contributed by atoms with Gasteiger partial charge in [0.25, 0.3) is 0 Å². The predicted molar refractivity (Wildman–Crippen MR) is 121 cm³/mol. The third-order valence-electron chi connectivity index (χ3n) is 7.59. The third-order valence-corrected chi connectivity index (χ3v) is 7.59. The van der Waals surface area contributed by atoms with Crippen molar-refractivity contribution in [3.63, 3.8) is 0 Å². The van der Waals surface area contributed by atoms with Gasteiger partial charge in [-0.1, -0.05) is 49.6 Å². The monoisotopic (exact) mass is 406 g/mol. The fourth-order valence-corrected chi connectivity index (χ4v) is 5.76. The lowest BCUT2D eigenvalue weighted by Crippen LogP contribution is -2.56. The number of benzene rings is 1. The number of nitrogens with one attached hydrogen (secondary N) is 1. The number of hydrogen-bond acceptors (Lipinski definition) is 3. The number of urea groups is 1. The maximum atomic E-state index is 13.1. The van der Waals surface area contributed by atoms with E-state index >= 15 is 0 Å². The lowest BCUT2D eigenvalue weighted by molar-refractivity contribution is 0.101. The highest BCUT2D eigenvalue weighted by Gasteiger charge is 2.52. The van der Waals surface area contributed by atoms with Crippen LogP contribution < -0.4 is 5.32 Å². The highest BCUT2D eigenvalue weighted by molar-refractivity contribution is 6.10. The van der Waals surface area contributed by atoms with Crippen LogP contribution in [0.1, 0.15) is 69.4 Å². The van der Waals surface area contributed by atoms with Crippen molar-refractivity contribution in [1.29, 1.82) is 0 Å². The number of allylic oxidation sites excluding steroid dienone is 1. The van der Waals surface area contributed by atoms with Gasteiger partial charge in [-0.15, -0.1) is 0 Å². The van der Waals surface area contributed by atoms with Crippen molar-refractivity contribution in [2.75, 3.05) is 19.6 Å². The first-order valence-corrected chi connectivity index (χ1v) is 11.8. The van der Waals surface area contributed by atoms with Crippen LogP contribution in [0.3, 0.4) is 0 Å². The molecule has 6 rings (SSSR count). The number of carbonyl (C=O) groups is 1. The Morgan fingerprint density at radius 3 is 2.70 bits per heavy atom. The van der Waals surface area contributed by atoms with Crippen molar-refractivity contribution in [3.05, 3.63) is 41.5 Å². The lowest BCUT2D eigenvalue weighted by Gasteiger charge is -2.44. The van der Waals surface area contributed by atoms with Gasteiger partial charge in [-0.05, 0) is 55.7 Å². The van der Waals surface area contributed by atoms with Gasteiger partial charge in [0.1, 0.15) is 11.4 Å². The molecule has 0 atom stereocenters. The molecular formula is C25H34N4O. The second-order valence-electron chi connectivity index (χ2n) is 9.54. The van der Waals surface area contributed by atoms with Crippen LogP contribution in [-0.4, -0.2) is 52.9 Å². The highest BCUT2D eigenvalue weighted by atomic mass is 16.2. The summed E-state index contributed by atoms with van der Waals surface area (Å²) < 4.78 is 0. The van der Waals surface area contributed by atoms with E-state index in [-0.39, 0.29) is 11.6 Å². The predicted octanol–water partition coefficient (Wildman–Crippen LogP) is 4.58. The van der Waals surface area contributed by atoms with Gasteiger partial charge in [0, 0.05) is 26.2 Å². The number of nitrogens with zero attached hydrogens (tertiary/aromatic N) is 3. The van der Waals surface area contributed by atoms with E-state index in [2.05, 4.69) is 52.4 Å². The molecule has 5 nitrogen and oxygen atoms in total. The zero-order valence-corrected chi connectivity index (χ0v) is 18.2. The molecule has 4 heterocycles. The molecule has 0 unspecified atom stereocenters.